The summed E-state index contributed by atoms with van der Waals surface area (Å²) in [5, 5.41) is 10.1. The van der Waals surface area contributed by atoms with Gasteiger partial charge in [0.1, 0.15) is 12.6 Å². The molecule has 1 atom stereocenters. The summed E-state index contributed by atoms with van der Waals surface area (Å²) in [6.07, 6.45) is 0. The quantitative estimate of drug-likeness (QED) is 0.885. The van der Waals surface area contributed by atoms with Crippen molar-refractivity contribution in [3.63, 3.8) is 0 Å². The predicted octanol–water partition coefficient (Wildman–Crippen LogP) is 2.14. The van der Waals surface area contributed by atoms with Gasteiger partial charge in [-0.05, 0) is 27.4 Å². The average Bonchev–Trinajstić information content (AvgIpc) is 2.50. The number of hydrogen-bond acceptors (Lipinski definition) is 3. The van der Waals surface area contributed by atoms with Crippen LogP contribution in [-0.4, -0.2) is 17.6 Å². The van der Waals surface area contributed by atoms with Crippen LogP contribution in [0.5, 0.6) is 0 Å². The van der Waals surface area contributed by atoms with Crippen LogP contribution in [0.3, 0.4) is 0 Å². The molecule has 0 amide bonds. The number of rotatable bonds is 3. The van der Waals surface area contributed by atoms with Gasteiger partial charge in [0.25, 0.3) is 5.92 Å². The Kier molecular flexibility index (Phi) is 3.39. The first-order chi connectivity index (χ1) is 5.99. The molecular formula is C7H8BrF2NOS. The van der Waals surface area contributed by atoms with Gasteiger partial charge in [0.15, 0.2) is 0 Å². The van der Waals surface area contributed by atoms with Gasteiger partial charge in [-0.2, -0.15) is 0 Å². The van der Waals surface area contributed by atoms with Crippen molar-refractivity contribution < 1.29 is 13.9 Å². The summed E-state index contributed by atoms with van der Waals surface area (Å²) >= 11 is 4.24. The van der Waals surface area contributed by atoms with Crippen LogP contribution < -0.4 is 5.73 Å². The number of aliphatic hydroxyl groups excluding tert-OH is 1. The molecular weight excluding hydrogens is 264 g/mol. The minimum Gasteiger partial charge on any atom is -0.390 e. The molecule has 1 aromatic rings. The van der Waals surface area contributed by atoms with Crippen molar-refractivity contribution in [2.45, 2.75) is 12.0 Å². The molecule has 2 nitrogen and oxygen atoms in total. The SMILES string of the molecule is N[C@@H](c1sccc1Br)C(F)(F)CO. The highest BCUT2D eigenvalue weighted by molar-refractivity contribution is 9.10. The third kappa shape index (κ3) is 2.25. The van der Waals surface area contributed by atoms with E-state index in [0.29, 0.717) is 9.35 Å². The Bertz CT molecular complexity index is 292. The van der Waals surface area contributed by atoms with Gasteiger partial charge in [-0.1, -0.05) is 0 Å². The van der Waals surface area contributed by atoms with E-state index in [0.717, 1.165) is 11.3 Å². The molecule has 0 spiro atoms. The second-order valence-corrected chi connectivity index (χ2v) is 4.33. The molecule has 1 heterocycles. The Hall–Kier alpha value is -0.0400. The number of hydrogen-bond donors (Lipinski definition) is 2. The third-order valence-electron chi connectivity index (χ3n) is 1.59. The summed E-state index contributed by atoms with van der Waals surface area (Å²) in [6, 6.07) is 0.194. The molecule has 0 aliphatic carbocycles. The van der Waals surface area contributed by atoms with Crippen LogP contribution >= 0.6 is 27.3 Å². The summed E-state index contributed by atoms with van der Waals surface area (Å²) in [5.74, 6) is -3.27. The normalized spacial score (nSPS) is 14.5. The molecule has 3 N–H and O–H groups in total. The zero-order chi connectivity index (χ0) is 10.1. The molecule has 0 fully saturated rings. The lowest BCUT2D eigenvalue weighted by atomic mass is 10.1. The second kappa shape index (κ2) is 4.00. The van der Waals surface area contributed by atoms with Crippen LogP contribution in [0.25, 0.3) is 0 Å². The fraction of sp³-hybridized carbons (Fsp3) is 0.429. The van der Waals surface area contributed by atoms with Gasteiger partial charge in [0, 0.05) is 9.35 Å². The van der Waals surface area contributed by atoms with Crippen molar-refractivity contribution in [3.8, 4) is 0 Å². The van der Waals surface area contributed by atoms with Gasteiger partial charge in [-0.3, -0.25) is 0 Å². The fourth-order valence-electron chi connectivity index (χ4n) is 0.817. The van der Waals surface area contributed by atoms with Gasteiger partial charge in [0.2, 0.25) is 0 Å². The van der Waals surface area contributed by atoms with E-state index in [1.165, 1.54) is 0 Å². The van der Waals surface area contributed by atoms with E-state index in [1.807, 2.05) is 0 Å². The zero-order valence-corrected chi connectivity index (χ0v) is 8.91. The molecule has 6 heteroatoms. The third-order valence-corrected chi connectivity index (χ3v) is 3.55. The molecule has 74 valence electrons. The van der Waals surface area contributed by atoms with Crippen molar-refractivity contribution in [1.29, 1.82) is 0 Å². The fourth-order valence-corrected chi connectivity index (χ4v) is 2.50. The minimum absolute atomic E-state index is 0.346. The van der Waals surface area contributed by atoms with Gasteiger partial charge < -0.3 is 10.8 Å². The van der Waals surface area contributed by atoms with Crippen molar-refractivity contribution in [2.24, 2.45) is 5.73 Å². The first-order valence-electron chi connectivity index (χ1n) is 3.46. The molecule has 0 saturated heterocycles. The van der Waals surface area contributed by atoms with Crippen LogP contribution in [-0.2, 0) is 0 Å². The topological polar surface area (TPSA) is 46.2 Å². The summed E-state index contributed by atoms with van der Waals surface area (Å²) in [6.45, 7) is -1.24. The highest BCUT2D eigenvalue weighted by Crippen LogP contribution is 2.36. The van der Waals surface area contributed by atoms with Crippen molar-refractivity contribution >= 4 is 27.3 Å². The van der Waals surface area contributed by atoms with Crippen molar-refractivity contribution in [1.82, 2.24) is 0 Å². The van der Waals surface area contributed by atoms with E-state index < -0.39 is 18.6 Å². The summed E-state index contributed by atoms with van der Waals surface area (Å²) < 4.78 is 26.4. The lowest BCUT2D eigenvalue weighted by Crippen LogP contribution is -2.35. The summed E-state index contributed by atoms with van der Waals surface area (Å²) in [4.78, 5) is 0.346. The van der Waals surface area contributed by atoms with Gasteiger partial charge in [0.05, 0.1) is 0 Å². The Labute approximate surface area is 86.5 Å². The molecule has 0 aliphatic rings. The average molecular weight is 272 g/mol. The number of halogens is 3. The number of aliphatic hydroxyl groups is 1. The Balaban J connectivity index is 2.91. The summed E-state index contributed by atoms with van der Waals surface area (Å²) in [5.41, 5.74) is 5.30. The standard InChI is InChI=1S/C7H8BrF2NOS/c8-4-1-2-13-5(4)6(11)7(9,10)3-12/h1-2,6,12H,3,11H2/t6-/m0/s1. The Morgan fingerprint density at radius 1 is 1.69 bits per heavy atom. The van der Waals surface area contributed by atoms with Gasteiger partial charge in [-0.25, -0.2) is 8.78 Å². The monoisotopic (exact) mass is 271 g/mol. The van der Waals surface area contributed by atoms with E-state index in [1.54, 1.807) is 11.4 Å². The maximum absolute atomic E-state index is 12.9. The van der Waals surface area contributed by atoms with Crippen LogP contribution in [0.4, 0.5) is 8.78 Å². The van der Waals surface area contributed by atoms with E-state index in [9.17, 15) is 8.78 Å². The lowest BCUT2D eigenvalue weighted by molar-refractivity contribution is -0.0705. The van der Waals surface area contributed by atoms with Crippen LogP contribution in [0, 0.1) is 0 Å². The minimum atomic E-state index is -3.27. The molecule has 1 rings (SSSR count). The number of alkyl halides is 2. The Morgan fingerprint density at radius 3 is 2.69 bits per heavy atom. The first kappa shape index (κ1) is 11.0. The maximum atomic E-state index is 12.9. The van der Waals surface area contributed by atoms with Crippen LogP contribution in [0.2, 0.25) is 0 Å². The molecule has 0 unspecified atom stereocenters. The molecule has 0 bridgehead atoms. The smallest absolute Gasteiger partial charge is 0.290 e. The molecule has 0 aromatic carbocycles. The van der Waals surface area contributed by atoms with Crippen LogP contribution in [0.1, 0.15) is 10.9 Å². The lowest BCUT2D eigenvalue weighted by Gasteiger charge is -2.20. The number of thiophene rings is 1. The Morgan fingerprint density at radius 2 is 2.31 bits per heavy atom. The van der Waals surface area contributed by atoms with Gasteiger partial charge in [-0.15, -0.1) is 11.3 Å². The largest absolute Gasteiger partial charge is 0.390 e. The summed E-state index contributed by atoms with van der Waals surface area (Å²) in [7, 11) is 0. The molecule has 1 aromatic heterocycles. The zero-order valence-electron chi connectivity index (χ0n) is 6.51. The van der Waals surface area contributed by atoms with Crippen molar-refractivity contribution in [3.05, 3.63) is 20.8 Å². The predicted molar refractivity (Wildman–Crippen MR) is 51.0 cm³/mol. The van der Waals surface area contributed by atoms with Crippen molar-refractivity contribution in [2.75, 3.05) is 6.61 Å². The van der Waals surface area contributed by atoms with E-state index in [4.69, 9.17) is 10.8 Å². The second-order valence-electron chi connectivity index (χ2n) is 2.53. The maximum Gasteiger partial charge on any atom is 0.290 e. The molecule has 0 aliphatic heterocycles. The highest BCUT2D eigenvalue weighted by atomic mass is 79.9. The van der Waals surface area contributed by atoms with Gasteiger partial charge >= 0.3 is 0 Å². The highest BCUT2D eigenvalue weighted by Gasteiger charge is 2.38. The van der Waals surface area contributed by atoms with Crippen LogP contribution in [0.15, 0.2) is 15.9 Å². The van der Waals surface area contributed by atoms with E-state index >= 15 is 0 Å². The number of nitrogens with two attached hydrogens (primary N) is 1. The molecule has 0 radical (unpaired) electrons. The van der Waals surface area contributed by atoms with E-state index in [-0.39, 0.29) is 0 Å². The molecule has 0 saturated carbocycles. The first-order valence-corrected chi connectivity index (χ1v) is 5.13. The molecule has 13 heavy (non-hydrogen) atoms. The van der Waals surface area contributed by atoms with E-state index in [2.05, 4.69) is 15.9 Å².